The number of esters is 1. The zero-order chi connectivity index (χ0) is 14.7. The molecule has 1 atom stereocenters. The molecule has 4 heteroatoms. The monoisotopic (exact) mass is 275 g/mol. The summed E-state index contributed by atoms with van der Waals surface area (Å²) in [7, 11) is 3.50. The molecule has 1 unspecified atom stereocenters. The van der Waals surface area contributed by atoms with Gasteiger partial charge in [-0.25, -0.2) is 0 Å². The van der Waals surface area contributed by atoms with Crippen molar-refractivity contribution < 1.29 is 14.3 Å². The maximum atomic E-state index is 11.9. The summed E-state index contributed by atoms with van der Waals surface area (Å²) in [5, 5.41) is 0. The van der Waals surface area contributed by atoms with Crippen molar-refractivity contribution >= 4 is 11.9 Å². The first-order valence-electron chi connectivity index (χ1n) is 7.03. The Labute approximate surface area is 119 Å². The van der Waals surface area contributed by atoms with Crippen molar-refractivity contribution in [3.63, 3.8) is 0 Å². The van der Waals surface area contributed by atoms with Crippen molar-refractivity contribution in [2.75, 3.05) is 20.7 Å². The van der Waals surface area contributed by atoms with Gasteiger partial charge in [-0.05, 0) is 49.4 Å². The van der Waals surface area contributed by atoms with Gasteiger partial charge in [-0.3, -0.25) is 9.59 Å². The van der Waals surface area contributed by atoms with E-state index >= 15 is 0 Å². The summed E-state index contributed by atoms with van der Waals surface area (Å²) in [5.41, 5.74) is 3.05. The molecule has 0 spiro atoms. The van der Waals surface area contributed by atoms with Crippen molar-refractivity contribution in [3.05, 3.63) is 34.9 Å². The fourth-order valence-corrected chi connectivity index (χ4v) is 2.61. The Bertz CT molecular complexity index is 522. The van der Waals surface area contributed by atoms with Gasteiger partial charge in [-0.15, -0.1) is 0 Å². The number of hydrogen-bond acceptors (Lipinski definition) is 3. The van der Waals surface area contributed by atoms with Crippen molar-refractivity contribution in [1.82, 2.24) is 4.90 Å². The fourth-order valence-electron chi connectivity index (χ4n) is 2.61. The summed E-state index contributed by atoms with van der Waals surface area (Å²) in [6, 6.07) is 5.77. The Hall–Kier alpha value is -1.84. The number of rotatable bonds is 3. The number of ether oxygens (including phenoxy) is 1. The lowest BCUT2D eigenvalue weighted by atomic mass is 9.83. The quantitative estimate of drug-likeness (QED) is 0.793. The van der Waals surface area contributed by atoms with Crippen LogP contribution in [0.2, 0.25) is 0 Å². The SMILES string of the molecule is CCOC(=O)C1CCc2cc(C(=O)N(C)C)ccc2C1. The predicted molar refractivity (Wildman–Crippen MR) is 76.6 cm³/mol. The van der Waals surface area contributed by atoms with Crippen LogP contribution in [0.25, 0.3) is 0 Å². The highest BCUT2D eigenvalue weighted by molar-refractivity contribution is 5.94. The minimum atomic E-state index is -0.105. The molecule has 0 saturated heterocycles. The van der Waals surface area contributed by atoms with E-state index in [0.29, 0.717) is 18.6 Å². The molecule has 0 saturated carbocycles. The highest BCUT2D eigenvalue weighted by atomic mass is 16.5. The molecule has 20 heavy (non-hydrogen) atoms. The molecule has 0 aromatic heterocycles. The second kappa shape index (κ2) is 6.07. The van der Waals surface area contributed by atoms with Gasteiger partial charge in [0.25, 0.3) is 5.91 Å². The van der Waals surface area contributed by atoms with Crippen LogP contribution >= 0.6 is 0 Å². The molecular weight excluding hydrogens is 254 g/mol. The van der Waals surface area contributed by atoms with Gasteiger partial charge in [0.15, 0.2) is 0 Å². The molecule has 0 aliphatic heterocycles. The first-order chi connectivity index (χ1) is 9.52. The molecule has 2 rings (SSSR count). The molecule has 1 aromatic rings. The van der Waals surface area contributed by atoms with E-state index in [1.54, 1.807) is 19.0 Å². The molecule has 108 valence electrons. The number of carbonyl (C=O) groups is 2. The summed E-state index contributed by atoms with van der Waals surface area (Å²) in [6.07, 6.45) is 2.34. The average molecular weight is 275 g/mol. The van der Waals surface area contributed by atoms with Gasteiger partial charge in [0.2, 0.25) is 0 Å². The average Bonchev–Trinajstić information content (AvgIpc) is 2.45. The van der Waals surface area contributed by atoms with Gasteiger partial charge in [-0.2, -0.15) is 0 Å². The van der Waals surface area contributed by atoms with Crippen LogP contribution in [0.1, 0.15) is 34.8 Å². The molecule has 1 aliphatic rings. The maximum Gasteiger partial charge on any atom is 0.309 e. The molecule has 0 N–H and O–H groups in total. The largest absolute Gasteiger partial charge is 0.466 e. The predicted octanol–water partition coefficient (Wildman–Crippen LogP) is 2.06. The third-order valence-electron chi connectivity index (χ3n) is 3.71. The molecule has 1 aliphatic carbocycles. The second-order valence-corrected chi connectivity index (χ2v) is 5.37. The van der Waals surface area contributed by atoms with Crippen LogP contribution in [-0.2, 0) is 22.4 Å². The third kappa shape index (κ3) is 3.00. The Morgan fingerprint density at radius 2 is 2.05 bits per heavy atom. The van der Waals surface area contributed by atoms with E-state index in [1.807, 2.05) is 25.1 Å². The van der Waals surface area contributed by atoms with Crippen LogP contribution in [0.5, 0.6) is 0 Å². The zero-order valence-electron chi connectivity index (χ0n) is 12.3. The molecule has 0 bridgehead atoms. The van der Waals surface area contributed by atoms with Gasteiger partial charge < -0.3 is 9.64 Å². The Morgan fingerprint density at radius 3 is 2.70 bits per heavy atom. The van der Waals surface area contributed by atoms with Crippen LogP contribution in [0.15, 0.2) is 18.2 Å². The van der Waals surface area contributed by atoms with Crippen LogP contribution in [0, 0.1) is 5.92 Å². The number of hydrogen-bond donors (Lipinski definition) is 0. The van der Waals surface area contributed by atoms with E-state index in [1.165, 1.54) is 5.56 Å². The fraction of sp³-hybridized carbons (Fsp3) is 0.500. The van der Waals surface area contributed by atoms with Gasteiger partial charge in [0.1, 0.15) is 0 Å². The van der Waals surface area contributed by atoms with E-state index in [4.69, 9.17) is 4.74 Å². The Kier molecular flexibility index (Phi) is 4.42. The zero-order valence-corrected chi connectivity index (χ0v) is 12.3. The standard InChI is InChI=1S/C16H21NO3/c1-4-20-16(19)14-8-6-11-9-13(15(18)17(2)3)7-5-12(11)10-14/h5,7,9,14H,4,6,8,10H2,1-3H3. The maximum absolute atomic E-state index is 11.9. The van der Waals surface area contributed by atoms with Gasteiger partial charge >= 0.3 is 5.97 Å². The van der Waals surface area contributed by atoms with Crippen molar-refractivity contribution in [2.24, 2.45) is 5.92 Å². The van der Waals surface area contributed by atoms with E-state index in [0.717, 1.165) is 18.4 Å². The van der Waals surface area contributed by atoms with E-state index in [9.17, 15) is 9.59 Å². The number of fused-ring (bicyclic) bond motifs is 1. The Morgan fingerprint density at radius 1 is 1.30 bits per heavy atom. The van der Waals surface area contributed by atoms with E-state index in [-0.39, 0.29) is 17.8 Å². The minimum absolute atomic E-state index is 0.0142. The lowest BCUT2D eigenvalue weighted by molar-refractivity contribution is -0.148. The van der Waals surface area contributed by atoms with Crippen molar-refractivity contribution in [3.8, 4) is 0 Å². The van der Waals surface area contributed by atoms with Crippen molar-refractivity contribution in [1.29, 1.82) is 0 Å². The van der Waals surface area contributed by atoms with E-state index in [2.05, 4.69) is 0 Å². The summed E-state index contributed by atoms with van der Waals surface area (Å²) in [4.78, 5) is 25.3. The summed E-state index contributed by atoms with van der Waals surface area (Å²) >= 11 is 0. The second-order valence-electron chi connectivity index (χ2n) is 5.37. The van der Waals surface area contributed by atoms with Gasteiger partial charge in [0.05, 0.1) is 12.5 Å². The molecule has 1 aromatic carbocycles. The molecule has 1 amide bonds. The van der Waals surface area contributed by atoms with Crippen LogP contribution < -0.4 is 0 Å². The first kappa shape index (κ1) is 14.6. The third-order valence-corrected chi connectivity index (χ3v) is 3.71. The molecule has 0 radical (unpaired) electrons. The van der Waals surface area contributed by atoms with Crippen LogP contribution in [-0.4, -0.2) is 37.5 Å². The number of aryl methyl sites for hydroxylation is 1. The summed E-state index contributed by atoms with van der Waals surface area (Å²) in [6.45, 7) is 2.26. The number of benzene rings is 1. The number of carbonyl (C=O) groups excluding carboxylic acids is 2. The summed E-state index contributed by atoms with van der Waals surface area (Å²) < 4.78 is 5.09. The topological polar surface area (TPSA) is 46.6 Å². The number of amides is 1. The van der Waals surface area contributed by atoms with Gasteiger partial charge in [0, 0.05) is 19.7 Å². The van der Waals surface area contributed by atoms with E-state index < -0.39 is 0 Å². The van der Waals surface area contributed by atoms with Crippen LogP contribution in [0.3, 0.4) is 0 Å². The molecule has 0 heterocycles. The molecular formula is C16H21NO3. The normalized spacial score (nSPS) is 17.2. The van der Waals surface area contributed by atoms with Gasteiger partial charge in [-0.1, -0.05) is 6.07 Å². The lowest BCUT2D eigenvalue weighted by Crippen LogP contribution is -2.26. The molecule has 0 fully saturated rings. The summed E-state index contributed by atoms with van der Waals surface area (Å²) in [5.74, 6) is -0.134. The highest BCUT2D eigenvalue weighted by Crippen LogP contribution is 2.27. The van der Waals surface area contributed by atoms with Crippen molar-refractivity contribution in [2.45, 2.75) is 26.2 Å². The smallest absolute Gasteiger partial charge is 0.309 e. The number of nitrogens with zero attached hydrogens (tertiary/aromatic N) is 1. The lowest BCUT2D eigenvalue weighted by Gasteiger charge is -2.24. The minimum Gasteiger partial charge on any atom is -0.466 e. The highest BCUT2D eigenvalue weighted by Gasteiger charge is 2.26. The molecule has 4 nitrogen and oxygen atoms in total. The first-order valence-corrected chi connectivity index (χ1v) is 7.03. The van der Waals surface area contributed by atoms with Crippen LogP contribution in [0.4, 0.5) is 0 Å². The Balaban J connectivity index is 2.15.